The van der Waals surface area contributed by atoms with Crippen LogP contribution in [0.5, 0.6) is 0 Å². The van der Waals surface area contributed by atoms with E-state index in [2.05, 4.69) is 4.72 Å². The molecule has 1 aromatic heterocycles. The van der Waals surface area contributed by atoms with E-state index in [1.807, 2.05) is 18.6 Å². The number of hydroxylamine groups is 1. The minimum absolute atomic E-state index is 0.0357. The summed E-state index contributed by atoms with van der Waals surface area (Å²) in [5.74, 6) is -0.313. The fourth-order valence-electron chi connectivity index (χ4n) is 1.55. The van der Waals surface area contributed by atoms with Crippen molar-refractivity contribution in [2.75, 3.05) is 20.6 Å². The second-order valence-corrected chi connectivity index (χ2v) is 8.50. The molecular formula is C11H19N3O6S2. The highest BCUT2D eigenvalue weighted by molar-refractivity contribution is 7.90. The first-order valence-corrected chi connectivity index (χ1v) is 9.29. The van der Waals surface area contributed by atoms with E-state index in [0.29, 0.717) is 4.74 Å². The Hall–Kier alpha value is -1.43. The molecule has 0 aliphatic rings. The minimum Gasteiger partial charge on any atom is -0.624 e. The summed E-state index contributed by atoms with van der Waals surface area (Å²) in [6.45, 7) is 3.72. The number of hydrogen-bond donors (Lipinski definition) is 2. The largest absolute Gasteiger partial charge is 0.624 e. The van der Waals surface area contributed by atoms with Crippen LogP contribution in [0.25, 0.3) is 0 Å². The molecule has 126 valence electrons. The molecule has 1 aromatic rings. The summed E-state index contributed by atoms with van der Waals surface area (Å²) < 4.78 is 56.9. The van der Waals surface area contributed by atoms with Gasteiger partial charge in [0.2, 0.25) is 27.1 Å². The van der Waals surface area contributed by atoms with Gasteiger partial charge in [-0.05, 0) is 14.1 Å². The highest BCUT2D eigenvalue weighted by atomic mass is 32.2. The summed E-state index contributed by atoms with van der Waals surface area (Å²) in [4.78, 5) is -0.423. The summed E-state index contributed by atoms with van der Waals surface area (Å²) in [5.41, 5.74) is 0. The highest BCUT2D eigenvalue weighted by Crippen LogP contribution is 2.22. The summed E-state index contributed by atoms with van der Waals surface area (Å²) in [6.07, 6.45) is 0.916. The molecule has 22 heavy (non-hydrogen) atoms. The molecule has 0 spiro atoms. The topological polar surface area (TPSA) is 132 Å². The molecule has 0 aromatic carbocycles. The van der Waals surface area contributed by atoms with Crippen LogP contribution in [0, 0.1) is 11.1 Å². The Bertz CT molecular complexity index is 762. The van der Waals surface area contributed by atoms with Gasteiger partial charge in [0, 0.05) is 12.0 Å². The first-order chi connectivity index (χ1) is 10.0. The maximum Gasteiger partial charge on any atom is 0.273 e. The third kappa shape index (κ3) is 4.29. The third-order valence-electron chi connectivity index (χ3n) is 2.60. The molecular weight excluding hydrogens is 334 g/mol. The van der Waals surface area contributed by atoms with Gasteiger partial charge in [-0.25, -0.2) is 31.0 Å². The van der Waals surface area contributed by atoms with E-state index in [-0.39, 0.29) is 18.2 Å². The maximum absolute atomic E-state index is 11.9. The van der Waals surface area contributed by atoms with Gasteiger partial charge >= 0.3 is 0 Å². The van der Waals surface area contributed by atoms with E-state index < -0.39 is 30.0 Å². The predicted octanol–water partition coefficient (Wildman–Crippen LogP) is -0.319. The molecule has 0 saturated heterocycles. The van der Waals surface area contributed by atoms with Crippen molar-refractivity contribution >= 4 is 26.3 Å². The quantitative estimate of drug-likeness (QED) is 0.299. The summed E-state index contributed by atoms with van der Waals surface area (Å²) in [5, 5.41) is 11.1. The van der Waals surface area contributed by atoms with Crippen molar-refractivity contribution in [3.63, 3.8) is 0 Å². The molecule has 0 unspecified atom stereocenters. The number of hydrogen-bond acceptors (Lipinski definition) is 6. The molecule has 0 bridgehead atoms. The second-order valence-electron chi connectivity index (χ2n) is 4.83. The van der Waals surface area contributed by atoms with E-state index in [1.165, 1.54) is 7.05 Å². The Labute approximate surface area is 129 Å². The molecule has 11 heteroatoms. The molecule has 0 aliphatic heterocycles. The Balaban J connectivity index is 3.49. The lowest BCUT2D eigenvalue weighted by Crippen LogP contribution is -2.20. The SMILES string of the molecule is CNS(=O)(=O)c1cc(S(=O)(=O)NC)c(C=[N+]([O-])CC(C)C)o1. The Morgan fingerprint density at radius 1 is 1.23 bits per heavy atom. The Kier molecular flexibility index (Phi) is 5.73. The fraction of sp³-hybridized carbons (Fsp3) is 0.545. The predicted molar refractivity (Wildman–Crippen MR) is 79.7 cm³/mol. The fourth-order valence-corrected chi connectivity index (χ4v) is 3.14. The van der Waals surface area contributed by atoms with Crippen LogP contribution in [0.15, 0.2) is 20.5 Å². The monoisotopic (exact) mass is 353 g/mol. The van der Waals surface area contributed by atoms with Crippen LogP contribution in [0.2, 0.25) is 0 Å². The second kappa shape index (κ2) is 6.77. The van der Waals surface area contributed by atoms with Crippen molar-refractivity contribution < 1.29 is 26.0 Å². The lowest BCUT2D eigenvalue weighted by atomic mass is 10.2. The smallest absolute Gasteiger partial charge is 0.273 e. The first kappa shape index (κ1) is 18.6. The Morgan fingerprint density at radius 2 is 1.77 bits per heavy atom. The van der Waals surface area contributed by atoms with Crippen molar-refractivity contribution in [3.8, 4) is 0 Å². The number of nitrogens with zero attached hydrogens (tertiary/aromatic N) is 1. The number of rotatable bonds is 7. The lowest BCUT2D eigenvalue weighted by molar-refractivity contribution is -0.459. The van der Waals surface area contributed by atoms with Gasteiger partial charge in [0.1, 0.15) is 4.90 Å². The van der Waals surface area contributed by atoms with Crippen LogP contribution in [0.1, 0.15) is 19.6 Å². The van der Waals surface area contributed by atoms with Gasteiger partial charge in [-0.2, -0.15) is 0 Å². The average Bonchev–Trinajstić information content (AvgIpc) is 2.83. The molecule has 1 heterocycles. The van der Waals surface area contributed by atoms with E-state index in [4.69, 9.17) is 4.42 Å². The van der Waals surface area contributed by atoms with Crippen LogP contribution in [0.3, 0.4) is 0 Å². The van der Waals surface area contributed by atoms with Gasteiger partial charge in [-0.15, -0.1) is 0 Å². The van der Waals surface area contributed by atoms with Crippen LogP contribution in [-0.2, 0) is 20.0 Å². The molecule has 2 N–H and O–H groups in total. The molecule has 0 amide bonds. The lowest BCUT2D eigenvalue weighted by Gasteiger charge is -2.06. The standard InChI is InChI=1S/C11H19N3O6S2/c1-8(2)6-14(15)7-9-10(21(16,17)12-3)5-11(20-9)22(18,19)13-4/h5,7-8,12-13H,6H2,1-4H3. The van der Waals surface area contributed by atoms with Crippen molar-refractivity contribution in [1.82, 2.24) is 9.44 Å². The zero-order valence-electron chi connectivity index (χ0n) is 12.7. The first-order valence-electron chi connectivity index (χ1n) is 6.33. The van der Waals surface area contributed by atoms with E-state index in [9.17, 15) is 22.0 Å². The van der Waals surface area contributed by atoms with Crippen LogP contribution < -0.4 is 9.44 Å². The Morgan fingerprint density at radius 3 is 2.23 bits per heavy atom. The minimum atomic E-state index is -3.98. The van der Waals surface area contributed by atoms with Gasteiger partial charge in [-0.1, -0.05) is 13.8 Å². The van der Waals surface area contributed by atoms with Gasteiger partial charge in [0.25, 0.3) is 10.0 Å². The zero-order chi connectivity index (χ0) is 17.1. The highest BCUT2D eigenvalue weighted by Gasteiger charge is 2.28. The maximum atomic E-state index is 11.9. The molecule has 0 atom stereocenters. The van der Waals surface area contributed by atoms with Crippen LogP contribution in [-0.4, -0.2) is 48.4 Å². The third-order valence-corrected chi connectivity index (χ3v) is 5.30. The van der Waals surface area contributed by atoms with Crippen molar-refractivity contribution in [2.45, 2.75) is 23.8 Å². The average molecular weight is 353 g/mol. The van der Waals surface area contributed by atoms with Gasteiger partial charge < -0.3 is 9.62 Å². The van der Waals surface area contributed by atoms with Crippen LogP contribution >= 0.6 is 0 Å². The summed E-state index contributed by atoms with van der Waals surface area (Å²) in [6, 6.07) is 0.854. The van der Waals surface area contributed by atoms with Gasteiger partial charge in [0.15, 0.2) is 6.54 Å². The van der Waals surface area contributed by atoms with Crippen molar-refractivity contribution in [2.24, 2.45) is 5.92 Å². The molecule has 0 saturated carbocycles. The normalized spacial score (nSPS) is 13.8. The van der Waals surface area contributed by atoms with Crippen molar-refractivity contribution in [1.29, 1.82) is 0 Å². The molecule has 0 aliphatic carbocycles. The summed E-state index contributed by atoms with van der Waals surface area (Å²) >= 11 is 0. The molecule has 9 nitrogen and oxygen atoms in total. The van der Waals surface area contributed by atoms with E-state index in [1.54, 1.807) is 0 Å². The zero-order valence-corrected chi connectivity index (χ0v) is 14.3. The molecule has 0 fully saturated rings. The molecule has 1 rings (SSSR count). The number of nitrogens with one attached hydrogen (secondary N) is 2. The van der Waals surface area contributed by atoms with Crippen molar-refractivity contribution in [3.05, 3.63) is 17.0 Å². The molecule has 0 radical (unpaired) electrons. The number of sulfonamides is 2. The number of furan rings is 1. The van der Waals surface area contributed by atoms with E-state index >= 15 is 0 Å². The van der Waals surface area contributed by atoms with Crippen LogP contribution in [0.4, 0.5) is 0 Å². The van der Waals surface area contributed by atoms with Gasteiger partial charge in [0.05, 0.1) is 0 Å². The van der Waals surface area contributed by atoms with E-state index in [0.717, 1.165) is 19.3 Å². The summed E-state index contributed by atoms with van der Waals surface area (Å²) in [7, 11) is -5.63. The van der Waals surface area contributed by atoms with Gasteiger partial charge in [-0.3, -0.25) is 0 Å².